The van der Waals surface area contributed by atoms with E-state index in [2.05, 4.69) is 4.99 Å². The Labute approximate surface area is 168 Å². The number of methoxy groups -OCH3 is 1. The molecule has 0 fully saturated rings. The molecule has 146 valence electrons. The number of nitrogens with zero attached hydrogens (tertiary/aromatic N) is 2. The van der Waals surface area contributed by atoms with Crippen LogP contribution in [0, 0.1) is 0 Å². The van der Waals surface area contributed by atoms with E-state index in [9.17, 15) is 4.79 Å². The molecule has 1 aromatic heterocycles. The molecule has 1 aliphatic heterocycles. The predicted octanol–water partition coefficient (Wildman–Crippen LogP) is 4.52. The van der Waals surface area contributed by atoms with Gasteiger partial charge in [-0.3, -0.25) is 9.69 Å². The summed E-state index contributed by atoms with van der Waals surface area (Å²) < 4.78 is 16.4. The van der Waals surface area contributed by atoms with Crippen LogP contribution in [0.25, 0.3) is 6.08 Å². The molecular formula is C23H20N2O4. The minimum atomic E-state index is -0.244. The number of aliphatic imine (C=N–C) groups is 1. The number of carbonyl (C=O) groups is 1. The summed E-state index contributed by atoms with van der Waals surface area (Å²) in [5, 5.41) is 0. The number of amides is 1. The first kappa shape index (κ1) is 18.6. The number of para-hydroxylation sites is 1. The van der Waals surface area contributed by atoms with Gasteiger partial charge in [-0.05, 0) is 55.5 Å². The summed E-state index contributed by atoms with van der Waals surface area (Å²) in [4.78, 5) is 19.4. The van der Waals surface area contributed by atoms with Crippen LogP contribution in [-0.4, -0.2) is 25.5 Å². The molecule has 0 aliphatic carbocycles. The lowest BCUT2D eigenvalue weighted by molar-refractivity contribution is -0.113. The fourth-order valence-electron chi connectivity index (χ4n) is 3.13. The molecule has 0 saturated heterocycles. The number of rotatable bonds is 6. The second-order valence-electron chi connectivity index (χ2n) is 6.25. The zero-order valence-electron chi connectivity index (χ0n) is 16.2. The lowest BCUT2D eigenvalue weighted by atomic mass is 10.1. The maximum absolute atomic E-state index is 13.3. The van der Waals surface area contributed by atoms with Gasteiger partial charge in [0.1, 0.15) is 23.0 Å². The van der Waals surface area contributed by atoms with Crippen molar-refractivity contribution in [2.75, 3.05) is 18.6 Å². The van der Waals surface area contributed by atoms with Crippen molar-refractivity contribution in [3.63, 3.8) is 0 Å². The Balaban J connectivity index is 1.81. The first-order chi connectivity index (χ1) is 14.2. The summed E-state index contributed by atoms with van der Waals surface area (Å²) in [5.41, 5.74) is 1.70. The van der Waals surface area contributed by atoms with E-state index in [4.69, 9.17) is 13.9 Å². The van der Waals surface area contributed by atoms with Crippen LogP contribution < -0.4 is 14.4 Å². The van der Waals surface area contributed by atoms with Crippen LogP contribution in [0.5, 0.6) is 11.5 Å². The van der Waals surface area contributed by atoms with Crippen molar-refractivity contribution in [3.05, 3.63) is 83.9 Å². The number of hydrogen-bond acceptors (Lipinski definition) is 5. The molecule has 0 spiro atoms. The number of benzene rings is 2. The highest BCUT2D eigenvalue weighted by molar-refractivity contribution is 6.33. The minimum absolute atomic E-state index is 0.244. The van der Waals surface area contributed by atoms with Gasteiger partial charge in [0.2, 0.25) is 0 Å². The van der Waals surface area contributed by atoms with E-state index in [1.807, 2.05) is 55.5 Å². The number of hydrogen-bond donors (Lipinski definition) is 0. The largest absolute Gasteiger partial charge is 0.496 e. The Morgan fingerprint density at radius 1 is 1.07 bits per heavy atom. The fraction of sp³-hybridized carbons (Fsp3) is 0.130. The van der Waals surface area contributed by atoms with Gasteiger partial charge in [-0.1, -0.05) is 12.1 Å². The van der Waals surface area contributed by atoms with E-state index < -0.39 is 0 Å². The second-order valence-corrected chi connectivity index (χ2v) is 6.25. The van der Waals surface area contributed by atoms with Crippen molar-refractivity contribution in [2.45, 2.75) is 6.92 Å². The summed E-state index contributed by atoms with van der Waals surface area (Å²) in [7, 11) is 1.59. The zero-order chi connectivity index (χ0) is 20.2. The van der Waals surface area contributed by atoms with Crippen LogP contribution in [0.15, 0.2) is 82.0 Å². The quantitative estimate of drug-likeness (QED) is 0.583. The molecule has 3 aromatic rings. The van der Waals surface area contributed by atoms with E-state index in [1.165, 1.54) is 0 Å². The van der Waals surface area contributed by atoms with Crippen LogP contribution in [0.1, 0.15) is 18.2 Å². The van der Waals surface area contributed by atoms with E-state index in [-0.39, 0.29) is 11.6 Å². The molecule has 0 bridgehead atoms. The van der Waals surface area contributed by atoms with E-state index >= 15 is 0 Å². The molecule has 4 rings (SSSR count). The van der Waals surface area contributed by atoms with Crippen molar-refractivity contribution in [1.29, 1.82) is 0 Å². The van der Waals surface area contributed by atoms with Gasteiger partial charge in [0.15, 0.2) is 5.84 Å². The highest BCUT2D eigenvalue weighted by Gasteiger charge is 2.34. The Morgan fingerprint density at radius 3 is 2.55 bits per heavy atom. The van der Waals surface area contributed by atoms with Gasteiger partial charge in [0.25, 0.3) is 5.91 Å². The number of anilines is 1. The summed E-state index contributed by atoms with van der Waals surface area (Å²) >= 11 is 0. The summed E-state index contributed by atoms with van der Waals surface area (Å²) in [6.07, 6.45) is 3.19. The first-order valence-corrected chi connectivity index (χ1v) is 9.26. The molecule has 0 atom stereocenters. The zero-order valence-corrected chi connectivity index (χ0v) is 16.2. The molecule has 2 heterocycles. The molecule has 0 N–H and O–H groups in total. The first-order valence-electron chi connectivity index (χ1n) is 9.26. The summed E-state index contributed by atoms with van der Waals surface area (Å²) in [6, 6.07) is 18.4. The average molecular weight is 388 g/mol. The van der Waals surface area contributed by atoms with Gasteiger partial charge in [-0.15, -0.1) is 0 Å². The molecule has 1 aliphatic rings. The lowest BCUT2D eigenvalue weighted by Gasteiger charge is -2.20. The molecule has 0 unspecified atom stereocenters. The van der Waals surface area contributed by atoms with Crippen molar-refractivity contribution in [3.8, 4) is 11.5 Å². The third kappa shape index (κ3) is 3.65. The number of carbonyl (C=O) groups excluding carboxylic acids is 1. The number of ether oxygens (including phenoxy) is 2. The predicted molar refractivity (Wildman–Crippen MR) is 111 cm³/mol. The van der Waals surface area contributed by atoms with E-state index in [0.29, 0.717) is 29.6 Å². The standard InChI is InChI=1S/C23H20N2O4/c1-3-28-17-12-10-16(11-13-17)25-22(19-8-4-5-9-21(19)27-2)24-20(23(25)26)15-18-7-6-14-29-18/h4-15H,3H2,1-2H3/b20-15+. The summed E-state index contributed by atoms with van der Waals surface area (Å²) in [6.45, 7) is 2.50. The van der Waals surface area contributed by atoms with Crippen LogP contribution >= 0.6 is 0 Å². The van der Waals surface area contributed by atoms with Gasteiger partial charge in [-0.2, -0.15) is 0 Å². The highest BCUT2D eigenvalue weighted by atomic mass is 16.5. The SMILES string of the molecule is CCOc1ccc(N2C(=O)/C(=C\c3ccco3)N=C2c2ccccc2OC)cc1. The van der Waals surface area contributed by atoms with Crippen LogP contribution in [-0.2, 0) is 4.79 Å². The topological polar surface area (TPSA) is 64.3 Å². The van der Waals surface area contributed by atoms with E-state index in [1.54, 1.807) is 36.5 Å². The molecule has 1 amide bonds. The van der Waals surface area contributed by atoms with Crippen molar-refractivity contribution in [2.24, 2.45) is 4.99 Å². The van der Waals surface area contributed by atoms with Gasteiger partial charge >= 0.3 is 0 Å². The normalized spacial score (nSPS) is 15.0. The molecule has 2 aromatic carbocycles. The van der Waals surface area contributed by atoms with Gasteiger partial charge in [0, 0.05) is 6.08 Å². The minimum Gasteiger partial charge on any atom is -0.496 e. The molecule has 0 radical (unpaired) electrons. The third-order valence-electron chi connectivity index (χ3n) is 4.44. The van der Waals surface area contributed by atoms with Crippen LogP contribution in [0.2, 0.25) is 0 Å². The molecule has 0 saturated carbocycles. The summed E-state index contributed by atoms with van der Waals surface area (Å²) in [5.74, 6) is 2.19. The third-order valence-corrected chi connectivity index (χ3v) is 4.44. The fourth-order valence-corrected chi connectivity index (χ4v) is 3.13. The average Bonchev–Trinajstić information content (AvgIpc) is 3.37. The van der Waals surface area contributed by atoms with Crippen LogP contribution in [0.3, 0.4) is 0 Å². The lowest BCUT2D eigenvalue weighted by Crippen LogP contribution is -2.32. The Morgan fingerprint density at radius 2 is 1.86 bits per heavy atom. The van der Waals surface area contributed by atoms with Gasteiger partial charge in [-0.25, -0.2) is 4.99 Å². The monoisotopic (exact) mass is 388 g/mol. The molecule has 29 heavy (non-hydrogen) atoms. The van der Waals surface area contributed by atoms with Gasteiger partial charge in [0.05, 0.1) is 31.2 Å². The smallest absolute Gasteiger partial charge is 0.282 e. The maximum atomic E-state index is 13.3. The van der Waals surface area contributed by atoms with Crippen LogP contribution in [0.4, 0.5) is 5.69 Å². The van der Waals surface area contributed by atoms with Gasteiger partial charge < -0.3 is 13.9 Å². The maximum Gasteiger partial charge on any atom is 0.282 e. The molecular weight excluding hydrogens is 368 g/mol. The van der Waals surface area contributed by atoms with Crippen molar-refractivity contribution in [1.82, 2.24) is 0 Å². The molecule has 6 heteroatoms. The Bertz CT molecular complexity index is 1070. The Kier molecular flexibility index (Phi) is 5.16. The second kappa shape index (κ2) is 8.06. The Hall–Kier alpha value is -3.80. The highest BCUT2D eigenvalue weighted by Crippen LogP contribution is 2.32. The van der Waals surface area contributed by atoms with Crippen molar-refractivity contribution < 1.29 is 18.7 Å². The van der Waals surface area contributed by atoms with E-state index in [0.717, 1.165) is 11.3 Å². The van der Waals surface area contributed by atoms with Crippen molar-refractivity contribution >= 4 is 23.5 Å². The molecule has 6 nitrogen and oxygen atoms in total. The number of furan rings is 1. The number of amidine groups is 1.